The topological polar surface area (TPSA) is 43.1 Å². The molecule has 1 rings (SSSR count). The van der Waals surface area contributed by atoms with Crippen molar-refractivity contribution in [3.05, 3.63) is 0 Å². The van der Waals surface area contributed by atoms with E-state index in [4.69, 9.17) is 5.73 Å². The van der Waals surface area contributed by atoms with Gasteiger partial charge in [0.25, 0.3) is 0 Å². The zero-order valence-electron chi connectivity index (χ0n) is 8.95. The van der Waals surface area contributed by atoms with Crippen molar-refractivity contribution < 1.29 is 18.0 Å². The minimum Gasteiger partial charge on any atom is -0.369 e. The highest BCUT2D eigenvalue weighted by molar-refractivity contribution is 5.80. The molecule has 1 aliphatic rings. The summed E-state index contributed by atoms with van der Waals surface area (Å²) in [5.74, 6) is -0.854. The van der Waals surface area contributed by atoms with Gasteiger partial charge in [0, 0.05) is 0 Å². The van der Waals surface area contributed by atoms with Crippen molar-refractivity contribution in [3.63, 3.8) is 0 Å². The Kier molecular flexibility index (Phi) is 2.78. The average molecular weight is 223 g/mol. The molecule has 1 saturated carbocycles. The Balaban J connectivity index is 2.74. The van der Waals surface area contributed by atoms with Crippen LogP contribution in [0.5, 0.6) is 0 Å². The molecule has 5 heteroatoms. The van der Waals surface area contributed by atoms with E-state index in [9.17, 15) is 18.0 Å². The van der Waals surface area contributed by atoms with Crippen LogP contribution < -0.4 is 5.73 Å². The molecule has 0 aromatic heterocycles. The summed E-state index contributed by atoms with van der Waals surface area (Å²) < 4.78 is 36.9. The number of carbonyl (C=O) groups excluding carboxylic acids is 1. The normalized spacial score (nSPS) is 23.3. The number of nitrogens with two attached hydrogens (primary N) is 1. The van der Waals surface area contributed by atoms with Crippen molar-refractivity contribution in [3.8, 4) is 0 Å². The molecule has 0 saturated heterocycles. The van der Waals surface area contributed by atoms with E-state index in [1.165, 1.54) is 6.92 Å². The molecular formula is C10H16F3NO. The fourth-order valence-electron chi connectivity index (χ4n) is 2.01. The van der Waals surface area contributed by atoms with Crippen LogP contribution in [0.2, 0.25) is 0 Å². The number of rotatable bonds is 4. The Hall–Kier alpha value is -0.740. The van der Waals surface area contributed by atoms with Gasteiger partial charge >= 0.3 is 6.18 Å². The summed E-state index contributed by atoms with van der Waals surface area (Å²) in [4.78, 5) is 11.1. The Morgan fingerprint density at radius 2 is 1.87 bits per heavy atom. The Labute approximate surface area is 87.0 Å². The third-order valence-electron chi connectivity index (χ3n) is 3.11. The maximum absolute atomic E-state index is 12.3. The third-order valence-corrected chi connectivity index (χ3v) is 3.11. The van der Waals surface area contributed by atoms with Crippen LogP contribution in [-0.4, -0.2) is 12.1 Å². The molecule has 1 fully saturated rings. The largest absolute Gasteiger partial charge is 0.390 e. The van der Waals surface area contributed by atoms with Gasteiger partial charge in [-0.05, 0) is 24.7 Å². The Morgan fingerprint density at radius 1 is 1.40 bits per heavy atom. The molecule has 0 radical (unpaired) electrons. The summed E-state index contributed by atoms with van der Waals surface area (Å²) in [7, 11) is 0. The van der Waals surface area contributed by atoms with Crippen molar-refractivity contribution in [1.82, 2.24) is 0 Å². The lowest BCUT2D eigenvalue weighted by molar-refractivity contribution is -0.167. The molecule has 0 heterocycles. The number of hydrogen-bond acceptors (Lipinski definition) is 1. The highest BCUT2D eigenvalue weighted by atomic mass is 19.4. The number of alkyl halides is 3. The lowest BCUT2D eigenvalue weighted by atomic mass is 9.76. The second kappa shape index (κ2) is 3.39. The number of primary amides is 1. The summed E-state index contributed by atoms with van der Waals surface area (Å²) in [6.45, 7) is 3.21. The van der Waals surface area contributed by atoms with Crippen LogP contribution in [0.15, 0.2) is 0 Å². The lowest BCUT2D eigenvalue weighted by Gasteiger charge is -2.29. The highest BCUT2D eigenvalue weighted by Gasteiger charge is 2.50. The minimum atomic E-state index is -4.34. The summed E-state index contributed by atoms with van der Waals surface area (Å²) in [6.07, 6.45) is -3.46. The molecular weight excluding hydrogens is 207 g/mol. The van der Waals surface area contributed by atoms with E-state index in [0.29, 0.717) is 0 Å². The van der Waals surface area contributed by atoms with E-state index in [1.54, 1.807) is 0 Å². The number of hydrogen-bond donors (Lipinski definition) is 1. The van der Waals surface area contributed by atoms with Crippen LogP contribution >= 0.6 is 0 Å². The Bertz CT molecular complexity index is 261. The number of halogens is 3. The molecule has 0 aliphatic heterocycles. The van der Waals surface area contributed by atoms with E-state index < -0.39 is 23.9 Å². The fraction of sp³-hybridized carbons (Fsp3) is 0.900. The van der Waals surface area contributed by atoms with Gasteiger partial charge in [-0.1, -0.05) is 13.8 Å². The Morgan fingerprint density at radius 3 is 2.13 bits per heavy atom. The zero-order chi connectivity index (χ0) is 11.9. The first kappa shape index (κ1) is 12.3. The smallest absolute Gasteiger partial charge is 0.369 e. The molecule has 1 atom stereocenters. The second-order valence-electron chi connectivity index (χ2n) is 5.20. The monoisotopic (exact) mass is 223 g/mol. The summed E-state index contributed by atoms with van der Waals surface area (Å²) >= 11 is 0. The molecule has 15 heavy (non-hydrogen) atoms. The van der Waals surface area contributed by atoms with Crippen LogP contribution in [0.4, 0.5) is 13.2 Å². The molecule has 0 bridgehead atoms. The minimum absolute atomic E-state index is 0.116. The van der Waals surface area contributed by atoms with Gasteiger partial charge in [0.1, 0.15) is 0 Å². The second-order valence-corrected chi connectivity index (χ2v) is 5.20. The van der Waals surface area contributed by atoms with E-state index in [1.807, 2.05) is 6.92 Å². The SMILES string of the molecule is CC1(CC(C)(CC(F)(F)F)C(N)=O)CC1. The van der Waals surface area contributed by atoms with Gasteiger partial charge in [-0.25, -0.2) is 0 Å². The summed E-state index contributed by atoms with van der Waals surface area (Å²) in [6, 6.07) is 0. The van der Waals surface area contributed by atoms with Gasteiger partial charge < -0.3 is 5.73 Å². The van der Waals surface area contributed by atoms with Gasteiger partial charge in [-0.15, -0.1) is 0 Å². The molecule has 0 spiro atoms. The number of carbonyl (C=O) groups is 1. The van der Waals surface area contributed by atoms with E-state index in [-0.39, 0.29) is 11.8 Å². The van der Waals surface area contributed by atoms with Crippen molar-refractivity contribution in [2.75, 3.05) is 0 Å². The van der Waals surface area contributed by atoms with Crippen molar-refractivity contribution in [2.24, 2.45) is 16.6 Å². The van der Waals surface area contributed by atoms with Crippen LogP contribution in [0.1, 0.15) is 39.5 Å². The average Bonchev–Trinajstić information content (AvgIpc) is 2.62. The molecule has 2 nitrogen and oxygen atoms in total. The van der Waals surface area contributed by atoms with E-state index in [2.05, 4.69) is 0 Å². The first-order chi connectivity index (χ1) is 6.56. The molecule has 1 aliphatic carbocycles. The van der Waals surface area contributed by atoms with Crippen LogP contribution in [0, 0.1) is 10.8 Å². The predicted molar refractivity (Wildman–Crippen MR) is 49.9 cm³/mol. The van der Waals surface area contributed by atoms with Gasteiger partial charge in [-0.2, -0.15) is 13.2 Å². The maximum Gasteiger partial charge on any atom is 0.390 e. The van der Waals surface area contributed by atoms with Crippen LogP contribution in [0.3, 0.4) is 0 Å². The first-order valence-corrected chi connectivity index (χ1v) is 4.93. The van der Waals surface area contributed by atoms with Crippen molar-refractivity contribution in [2.45, 2.75) is 45.7 Å². The van der Waals surface area contributed by atoms with Gasteiger partial charge in [0.05, 0.1) is 11.8 Å². The highest BCUT2D eigenvalue weighted by Crippen LogP contribution is 2.54. The van der Waals surface area contributed by atoms with Gasteiger partial charge in [-0.3, -0.25) is 4.79 Å². The summed E-state index contributed by atoms with van der Waals surface area (Å²) in [5, 5.41) is 0. The molecule has 0 aromatic carbocycles. The zero-order valence-corrected chi connectivity index (χ0v) is 8.95. The van der Waals surface area contributed by atoms with Gasteiger partial charge in [0.15, 0.2) is 0 Å². The van der Waals surface area contributed by atoms with E-state index >= 15 is 0 Å². The first-order valence-electron chi connectivity index (χ1n) is 4.93. The molecule has 2 N–H and O–H groups in total. The standard InChI is InChI=1S/C10H16F3NO/c1-8(3-4-8)5-9(2,7(14)15)6-10(11,12)13/h3-6H2,1-2H3,(H2,14,15). The third kappa shape index (κ3) is 3.39. The van der Waals surface area contributed by atoms with Crippen molar-refractivity contribution in [1.29, 1.82) is 0 Å². The molecule has 1 amide bonds. The summed E-state index contributed by atoms with van der Waals surface area (Å²) in [5.41, 5.74) is 3.50. The lowest BCUT2D eigenvalue weighted by Crippen LogP contribution is -2.39. The van der Waals surface area contributed by atoms with Crippen LogP contribution in [-0.2, 0) is 4.79 Å². The van der Waals surface area contributed by atoms with Gasteiger partial charge in [0.2, 0.25) is 5.91 Å². The molecule has 1 unspecified atom stereocenters. The molecule has 0 aromatic rings. The number of amides is 1. The quantitative estimate of drug-likeness (QED) is 0.782. The fourth-order valence-corrected chi connectivity index (χ4v) is 2.01. The van der Waals surface area contributed by atoms with Crippen molar-refractivity contribution >= 4 is 5.91 Å². The van der Waals surface area contributed by atoms with E-state index in [0.717, 1.165) is 12.8 Å². The predicted octanol–water partition coefficient (Wildman–Crippen LogP) is 2.62. The molecule has 88 valence electrons. The maximum atomic E-state index is 12.3. The van der Waals surface area contributed by atoms with Crippen LogP contribution in [0.25, 0.3) is 0 Å².